The van der Waals surface area contributed by atoms with Crippen LogP contribution in [0.1, 0.15) is 12.5 Å². The summed E-state index contributed by atoms with van der Waals surface area (Å²) in [5.41, 5.74) is 6.40. The molecule has 1 aliphatic heterocycles. The zero-order chi connectivity index (χ0) is 11.1. The first-order valence-corrected chi connectivity index (χ1v) is 5.85. The third-order valence-corrected chi connectivity index (χ3v) is 3.54. The van der Waals surface area contributed by atoms with Gasteiger partial charge < -0.3 is 15.2 Å². The number of hydrogen-bond acceptors (Lipinski definition) is 1. The van der Waals surface area contributed by atoms with Crippen LogP contribution in [0.3, 0.4) is 0 Å². The minimum absolute atomic E-state index is 0.637. The highest BCUT2D eigenvalue weighted by Crippen LogP contribution is 2.27. The van der Waals surface area contributed by atoms with E-state index in [4.69, 9.17) is 0 Å². The molecule has 1 aromatic carbocycles. The smallest absolute Gasteiger partial charge is 0.128 e. The Labute approximate surface area is 95.5 Å². The standard InChI is InChI=1S/C13H17N3/c1-15-6-5-12(9-15)16-7-4-10-8-11(14)2-3-13(10)16/h2-4,7-8,12H,5-6,9,14H2,1H3/p+1. The maximum atomic E-state index is 3.97. The first-order chi connectivity index (χ1) is 7.74. The minimum atomic E-state index is 0.637. The number of fused-ring (bicyclic) bond motifs is 1. The number of aromatic nitrogens is 1. The molecule has 3 nitrogen and oxygen atoms in total. The van der Waals surface area contributed by atoms with E-state index in [1.165, 1.54) is 23.9 Å². The molecule has 1 aromatic heterocycles. The molecule has 0 amide bonds. The molecule has 0 bridgehead atoms. The number of likely N-dealkylation sites (N-methyl/N-ethyl adjacent to an activating group) is 1. The van der Waals surface area contributed by atoms with Crippen LogP contribution in [0.4, 0.5) is 5.69 Å². The van der Waals surface area contributed by atoms with Crippen LogP contribution in [0.2, 0.25) is 0 Å². The van der Waals surface area contributed by atoms with Crippen molar-refractivity contribution in [2.24, 2.45) is 0 Å². The first kappa shape index (κ1) is 9.87. The molecule has 3 rings (SSSR count). The first-order valence-electron chi connectivity index (χ1n) is 5.85. The van der Waals surface area contributed by atoms with Gasteiger partial charge in [0.2, 0.25) is 0 Å². The second-order valence-electron chi connectivity index (χ2n) is 4.82. The zero-order valence-corrected chi connectivity index (χ0v) is 9.69. The SMILES string of the molecule is CN1CCC(n2ccc3cc([NH3+])ccc32)C1. The lowest BCUT2D eigenvalue weighted by Crippen LogP contribution is -2.39. The maximum Gasteiger partial charge on any atom is 0.128 e. The Hall–Kier alpha value is -1.32. The third kappa shape index (κ3) is 1.52. The van der Waals surface area contributed by atoms with E-state index in [-0.39, 0.29) is 0 Å². The van der Waals surface area contributed by atoms with Gasteiger partial charge >= 0.3 is 0 Å². The molecule has 1 atom stereocenters. The van der Waals surface area contributed by atoms with Gasteiger partial charge in [0, 0.05) is 41.8 Å². The van der Waals surface area contributed by atoms with Crippen molar-refractivity contribution in [3.8, 4) is 0 Å². The highest BCUT2D eigenvalue weighted by molar-refractivity contribution is 5.82. The summed E-state index contributed by atoms with van der Waals surface area (Å²) in [4.78, 5) is 2.40. The Morgan fingerprint density at radius 3 is 2.94 bits per heavy atom. The maximum absolute atomic E-state index is 3.97. The molecule has 2 aromatic rings. The van der Waals surface area contributed by atoms with Gasteiger partial charge in [-0.25, -0.2) is 0 Å². The van der Waals surface area contributed by atoms with E-state index in [9.17, 15) is 0 Å². The molecule has 0 saturated carbocycles. The van der Waals surface area contributed by atoms with E-state index in [0.717, 1.165) is 12.2 Å². The van der Waals surface area contributed by atoms with E-state index in [2.05, 4.69) is 52.7 Å². The fraction of sp³-hybridized carbons (Fsp3) is 0.385. The Morgan fingerprint density at radius 2 is 2.19 bits per heavy atom. The Bertz CT molecular complexity index is 515. The summed E-state index contributed by atoms with van der Waals surface area (Å²) in [5.74, 6) is 0. The number of likely N-dealkylation sites (tertiary alicyclic amines) is 1. The van der Waals surface area contributed by atoms with Gasteiger partial charge in [0.05, 0.1) is 0 Å². The van der Waals surface area contributed by atoms with Crippen molar-refractivity contribution in [3.63, 3.8) is 0 Å². The average molecular weight is 216 g/mol. The molecule has 0 aliphatic carbocycles. The van der Waals surface area contributed by atoms with Crippen LogP contribution in [0.15, 0.2) is 30.5 Å². The Balaban J connectivity index is 2.04. The predicted octanol–water partition coefficient (Wildman–Crippen LogP) is 1.39. The highest BCUT2D eigenvalue weighted by Gasteiger charge is 2.21. The van der Waals surface area contributed by atoms with Gasteiger partial charge in [0.25, 0.3) is 0 Å². The fourth-order valence-corrected chi connectivity index (χ4v) is 2.67. The van der Waals surface area contributed by atoms with Crippen molar-refractivity contribution < 1.29 is 5.73 Å². The molecule has 1 fully saturated rings. The summed E-state index contributed by atoms with van der Waals surface area (Å²) >= 11 is 0. The van der Waals surface area contributed by atoms with Gasteiger partial charge in [-0.2, -0.15) is 0 Å². The summed E-state index contributed by atoms with van der Waals surface area (Å²) in [5, 5.41) is 1.31. The molecule has 1 aliphatic rings. The lowest BCUT2D eigenvalue weighted by Gasteiger charge is -2.14. The number of hydrogen-bond donors (Lipinski definition) is 1. The third-order valence-electron chi connectivity index (χ3n) is 3.54. The van der Waals surface area contributed by atoms with Crippen LogP contribution in [0, 0.1) is 0 Å². The van der Waals surface area contributed by atoms with Gasteiger partial charge in [0.1, 0.15) is 5.69 Å². The van der Waals surface area contributed by atoms with Gasteiger partial charge in [-0.05, 0) is 32.1 Å². The topological polar surface area (TPSA) is 35.8 Å². The molecule has 1 unspecified atom stereocenters. The van der Waals surface area contributed by atoms with Crippen LogP contribution in [-0.4, -0.2) is 29.6 Å². The molecule has 3 N–H and O–H groups in total. The lowest BCUT2D eigenvalue weighted by molar-refractivity contribution is -0.254. The molecule has 1 saturated heterocycles. The molecular weight excluding hydrogens is 198 g/mol. The van der Waals surface area contributed by atoms with E-state index in [1.807, 2.05) is 0 Å². The Kier molecular flexibility index (Phi) is 2.23. The molecule has 16 heavy (non-hydrogen) atoms. The number of quaternary nitrogens is 1. The number of benzene rings is 1. The quantitative estimate of drug-likeness (QED) is 0.768. The average Bonchev–Trinajstić information content (AvgIpc) is 2.83. The molecule has 0 radical (unpaired) electrons. The second-order valence-corrected chi connectivity index (χ2v) is 4.82. The van der Waals surface area contributed by atoms with Crippen LogP contribution in [0.5, 0.6) is 0 Å². The second kappa shape index (κ2) is 3.61. The van der Waals surface area contributed by atoms with Crippen molar-refractivity contribution >= 4 is 16.6 Å². The largest absolute Gasteiger partial charge is 0.343 e. The van der Waals surface area contributed by atoms with Crippen LogP contribution in [-0.2, 0) is 0 Å². The van der Waals surface area contributed by atoms with Crippen molar-refractivity contribution in [3.05, 3.63) is 30.5 Å². The lowest BCUT2D eigenvalue weighted by atomic mass is 10.2. The summed E-state index contributed by atoms with van der Waals surface area (Å²) in [6.45, 7) is 2.37. The normalized spacial score (nSPS) is 22.0. The summed E-state index contributed by atoms with van der Waals surface area (Å²) in [6.07, 6.45) is 3.47. The van der Waals surface area contributed by atoms with E-state index < -0.39 is 0 Å². The highest BCUT2D eigenvalue weighted by atomic mass is 15.2. The summed E-state index contributed by atoms with van der Waals surface area (Å²) in [6, 6.07) is 9.28. The van der Waals surface area contributed by atoms with Gasteiger partial charge in [-0.3, -0.25) is 0 Å². The van der Waals surface area contributed by atoms with E-state index in [0.29, 0.717) is 6.04 Å². The van der Waals surface area contributed by atoms with Gasteiger partial charge in [-0.15, -0.1) is 0 Å². The molecule has 3 heteroatoms. The van der Waals surface area contributed by atoms with E-state index in [1.54, 1.807) is 0 Å². The molecule has 0 spiro atoms. The van der Waals surface area contributed by atoms with Crippen LogP contribution >= 0.6 is 0 Å². The Morgan fingerprint density at radius 1 is 1.31 bits per heavy atom. The summed E-state index contributed by atoms with van der Waals surface area (Å²) < 4.78 is 2.41. The van der Waals surface area contributed by atoms with Crippen molar-refractivity contribution in [1.82, 2.24) is 9.47 Å². The van der Waals surface area contributed by atoms with Crippen LogP contribution in [0.25, 0.3) is 10.9 Å². The number of rotatable bonds is 1. The van der Waals surface area contributed by atoms with Crippen LogP contribution < -0.4 is 5.73 Å². The fourth-order valence-electron chi connectivity index (χ4n) is 2.67. The summed E-state index contributed by atoms with van der Waals surface area (Å²) in [7, 11) is 2.19. The van der Waals surface area contributed by atoms with Crippen molar-refractivity contribution in [2.45, 2.75) is 12.5 Å². The van der Waals surface area contributed by atoms with Gasteiger partial charge in [-0.1, -0.05) is 0 Å². The molecular formula is C13H18N3+. The van der Waals surface area contributed by atoms with Crippen molar-refractivity contribution in [1.29, 1.82) is 0 Å². The number of nitrogens with zero attached hydrogens (tertiary/aromatic N) is 2. The molecule has 2 heterocycles. The monoisotopic (exact) mass is 216 g/mol. The van der Waals surface area contributed by atoms with E-state index >= 15 is 0 Å². The minimum Gasteiger partial charge on any atom is -0.343 e. The van der Waals surface area contributed by atoms with Gasteiger partial charge in [0.15, 0.2) is 0 Å². The zero-order valence-electron chi connectivity index (χ0n) is 9.69. The molecule has 84 valence electrons. The predicted molar refractivity (Wildman–Crippen MR) is 65.6 cm³/mol. The van der Waals surface area contributed by atoms with Crippen molar-refractivity contribution in [2.75, 3.05) is 20.1 Å².